The number of nitrogens with zero attached hydrogens (tertiary/aromatic N) is 6. The molecule has 3 aromatic heterocycles. The van der Waals surface area contributed by atoms with Crippen LogP contribution in [-0.2, 0) is 22.5 Å². The number of carbonyl (C=O) groups is 1. The van der Waals surface area contributed by atoms with Gasteiger partial charge in [-0.25, -0.2) is 23.1 Å². The van der Waals surface area contributed by atoms with Crippen LogP contribution in [0.1, 0.15) is 35.0 Å². The topological polar surface area (TPSA) is 90.1 Å². The van der Waals surface area contributed by atoms with Gasteiger partial charge >= 0.3 is 0 Å². The van der Waals surface area contributed by atoms with Gasteiger partial charge in [-0.3, -0.25) is 14.8 Å². The molecule has 2 aliphatic heterocycles. The van der Waals surface area contributed by atoms with E-state index < -0.39 is 24.5 Å². The Balaban J connectivity index is 1.32. The van der Waals surface area contributed by atoms with E-state index in [9.17, 15) is 18.0 Å². The van der Waals surface area contributed by atoms with E-state index in [1.165, 1.54) is 34.6 Å². The molecule has 1 fully saturated rings. The fourth-order valence-corrected chi connectivity index (χ4v) is 6.51. The zero-order chi connectivity index (χ0) is 29.7. The lowest BCUT2D eigenvalue weighted by molar-refractivity contribution is -0.118. The number of benzene rings is 2. The van der Waals surface area contributed by atoms with Crippen molar-refractivity contribution < 1.29 is 22.7 Å². The van der Waals surface area contributed by atoms with Crippen LogP contribution < -0.4 is 10.2 Å². The lowest BCUT2D eigenvalue weighted by Crippen LogP contribution is -2.36. The Morgan fingerprint density at radius 3 is 2.67 bits per heavy atom. The Morgan fingerprint density at radius 2 is 1.95 bits per heavy atom. The number of imidazole rings is 1. The van der Waals surface area contributed by atoms with E-state index in [0.717, 1.165) is 24.3 Å². The monoisotopic (exact) mass is 607 g/mol. The van der Waals surface area contributed by atoms with Crippen LogP contribution >= 0.6 is 11.3 Å². The van der Waals surface area contributed by atoms with Crippen LogP contribution in [0.15, 0.2) is 54.4 Å². The molecule has 0 radical (unpaired) electrons. The maximum Gasteiger partial charge on any atom is 0.264 e. The highest BCUT2D eigenvalue weighted by Crippen LogP contribution is 2.38. The Labute approximate surface area is 248 Å². The summed E-state index contributed by atoms with van der Waals surface area (Å²) in [5, 5.41) is 9.85. The van der Waals surface area contributed by atoms with Gasteiger partial charge in [0.25, 0.3) is 12.3 Å². The standard InChI is InChI=1S/C30H28F3N7O2S/c1-17-21(18-2-4-20(5-3-18)38-7-9-42-10-8-38)13-22(28(32)33)23-15-40(37-25(17)23)27(29(41)36-30-34-6-11-43-30)26-24-12-19(31)14-39(24)16-35-26/h2-6,11,13,15-16,19,27-28H,7-10,12,14H2,1H3,(H,34,36,41)/t19-,27?/m1/s1. The zero-order valence-electron chi connectivity index (χ0n) is 23.2. The van der Waals surface area contributed by atoms with Crippen molar-refractivity contribution in [1.29, 1.82) is 0 Å². The van der Waals surface area contributed by atoms with Gasteiger partial charge in [0.15, 0.2) is 11.2 Å². The summed E-state index contributed by atoms with van der Waals surface area (Å²) in [4.78, 5) is 24.5. The third-order valence-electron chi connectivity index (χ3n) is 8.11. The number of rotatable bonds is 7. The number of fused-ring (bicyclic) bond motifs is 2. The van der Waals surface area contributed by atoms with E-state index in [2.05, 4.69) is 20.2 Å². The van der Waals surface area contributed by atoms with Gasteiger partial charge in [0, 0.05) is 59.6 Å². The van der Waals surface area contributed by atoms with Crippen molar-refractivity contribution in [2.45, 2.75) is 38.5 Å². The number of carbonyl (C=O) groups excluding carboxylic acids is 1. The number of halogens is 3. The minimum Gasteiger partial charge on any atom is -0.378 e. The van der Waals surface area contributed by atoms with Gasteiger partial charge in [0.1, 0.15) is 6.17 Å². The third-order valence-corrected chi connectivity index (χ3v) is 8.80. The second kappa shape index (κ2) is 11.1. The van der Waals surface area contributed by atoms with Crippen molar-refractivity contribution in [3.8, 4) is 11.1 Å². The molecule has 222 valence electrons. The summed E-state index contributed by atoms with van der Waals surface area (Å²) in [6.45, 7) is 4.90. The number of aryl methyl sites for hydroxylation is 1. The number of anilines is 2. The van der Waals surface area contributed by atoms with Gasteiger partial charge in [0.2, 0.25) is 0 Å². The summed E-state index contributed by atoms with van der Waals surface area (Å²) in [5.74, 6) is -0.498. The second-order valence-corrected chi connectivity index (χ2v) is 11.6. The zero-order valence-corrected chi connectivity index (χ0v) is 24.0. The van der Waals surface area contributed by atoms with Crippen molar-refractivity contribution in [2.24, 2.45) is 0 Å². The largest absolute Gasteiger partial charge is 0.378 e. The molecule has 0 saturated carbocycles. The van der Waals surface area contributed by atoms with Crippen LogP contribution in [0.4, 0.5) is 24.0 Å². The Hall–Kier alpha value is -4.23. The molecular formula is C30H28F3N7O2S. The number of aromatic nitrogens is 5. The number of thiazole rings is 1. The molecule has 1 unspecified atom stereocenters. The first-order valence-corrected chi connectivity index (χ1v) is 14.9. The maximum absolute atomic E-state index is 14.5. The van der Waals surface area contributed by atoms with Gasteiger partial charge < -0.3 is 14.2 Å². The van der Waals surface area contributed by atoms with Crippen molar-refractivity contribution in [2.75, 3.05) is 36.5 Å². The fourth-order valence-electron chi connectivity index (χ4n) is 5.98. The SMILES string of the molecule is Cc1c(-c2ccc(N3CCOCC3)cc2)cc(C(F)F)c2cn(C(C(=O)Nc3nccs3)c3ncn4c3C[C@@H](F)C4)nc12. The van der Waals surface area contributed by atoms with Gasteiger partial charge in [-0.1, -0.05) is 12.1 Å². The quantitative estimate of drug-likeness (QED) is 0.261. The van der Waals surface area contributed by atoms with Gasteiger partial charge in [0.05, 0.1) is 37.3 Å². The number of amides is 1. The predicted octanol–water partition coefficient (Wildman–Crippen LogP) is 5.56. The highest BCUT2D eigenvalue weighted by Gasteiger charge is 2.35. The van der Waals surface area contributed by atoms with Crippen molar-refractivity contribution in [1.82, 2.24) is 24.3 Å². The minimum atomic E-state index is -2.78. The fraction of sp³-hybridized carbons (Fsp3) is 0.333. The minimum absolute atomic E-state index is 0.100. The van der Waals surface area contributed by atoms with Gasteiger partial charge in [-0.2, -0.15) is 5.10 Å². The molecule has 1 amide bonds. The van der Waals surface area contributed by atoms with Crippen LogP contribution in [0.3, 0.4) is 0 Å². The van der Waals surface area contributed by atoms with E-state index in [-0.39, 0.29) is 23.9 Å². The van der Waals surface area contributed by atoms with E-state index in [1.54, 1.807) is 16.1 Å². The smallest absolute Gasteiger partial charge is 0.264 e. The molecule has 2 aliphatic rings. The van der Waals surface area contributed by atoms with Crippen molar-refractivity contribution in [3.05, 3.63) is 76.9 Å². The van der Waals surface area contributed by atoms with Crippen LogP contribution in [0, 0.1) is 6.92 Å². The molecule has 0 aliphatic carbocycles. The van der Waals surface area contributed by atoms with E-state index in [4.69, 9.17) is 9.84 Å². The molecule has 5 heterocycles. The number of ether oxygens (including phenoxy) is 1. The van der Waals surface area contributed by atoms with E-state index in [0.29, 0.717) is 46.4 Å². The van der Waals surface area contributed by atoms with E-state index >= 15 is 0 Å². The first-order chi connectivity index (χ1) is 20.9. The maximum atomic E-state index is 14.5. The molecule has 13 heteroatoms. The van der Waals surface area contributed by atoms with Gasteiger partial charge in [-0.05, 0) is 41.8 Å². The highest BCUT2D eigenvalue weighted by molar-refractivity contribution is 7.13. The molecule has 2 aromatic carbocycles. The lowest BCUT2D eigenvalue weighted by Gasteiger charge is -2.29. The third kappa shape index (κ3) is 5.06. The molecule has 0 bridgehead atoms. The summed E-state index contributed by atoms with van der Waals surface area (Å²) in [7, 11) is 0. The number of alkyl halides is 3. The van der Waals surface area contributed by atoms with E-state index in [1.807, 2.05) is 31.2 Å². The molecule has 9 nitrogen and oxygen atoms in total. The summed E-state index contributed by atoms with van der Waals surface area (Å²) >= 11 is 1.24. The molecule has 43 heavy (non-hydrogen) atoms. The van der Waals surface area contributed by atoms with Crippen molar-refractivity contribution in [3.63, 3.8) is 0 Å². The number of nitrogens with one attached hydrogen (secondary N) is 1. The molecule has 1 N–H and O–H groups in total. The summed E-state index contributed by atoms with van der Waals surface area (Å²) < 4.78 is 51.9. The summed E-state index contributed by atoms with van der Waals surface area (Å²) in [6, 6.07) is 8.21. The van der Waals surface area contributed by atoms with Gasteiger partial charge in [-0.15, -0.1) is 11.3 Å². The van der Waals surface area contributed by atoms with Crippen LogP contribution in [0.25, 0.3) is 22.0 Å². The molecule has 0 spiro atoms. The normalized spacial score (nSPS) is 17.5. The second-order valence-electron chi connectivity index (χ2n) is 10.7. The molecule has 2 atom stereocenters. The first kappa shape index (κ1) is 27.6. The average Bonchev–Trinajstić information content (AvgIpc) is 3.81. The molecule has 5 aromatic rings. The van der Waals surface area contributed by atoms with Crippen LogP contribution in [0.5, 0.6) is 0 Å². The summed E-state index contributed by atoms with van der Waals surface area (Å²) in [6.07, 6.45) is 0.760. The molecular weight excluding hydrogens is 579 g/mol. The predicted molar refractivity (Wildman–Crippen MR) is 158 cm³/mol. The average molecular weight is 608 g/mol. The molecule has 1 saturated heterocycles. The van der Waals surface area contributed by atoms with Crippen LogP contribution in [0.2, 0.25) is 0 Å². The number of morpholine rings is 1. The Bertz CT molecular complexity index is 1780. The molecule has 7 rings (SSSR count). The number of hydrogen-bond acceptors (Lipinski definition) is 7. The number of hydrogen-bond donors (Lipinski definition) is 1. The lowest BCUT2D eigenvalue weighted by atomic mass is 9.95. The Kier molecular flexibility index (Phi) is 7.14. The van der Waals surface area contributed by atoms with Crippen LogP contribution in [-0.4, -0.2) is 62.7 Å². The van der Waals surface area contributed by atoms with Crippen molar-refractivity contribution >= 4 is 39.0 Å². The first-order valence-electron chi connectivity index (χ1n) is 14.0. The Morgan fingerprint density at radius 1 is 1.16 bits per heavy atom. The summed E-state index contributed by atoms with van der Waals surface area (Å²) in [5.41, 5.74) is 4.25. The highest BCUT2D eigenvalue weighted by atomic mass is 32.1.